The Morgan fingerprint density at radius 1 is 1.47 bits per heavy atom. The lowest BCUT2D eigenvalue weighted by Gasteiger charge is -2.12. The topological polar surface area (TPSA) is 78.1 Å². The van der Waals surface area contributed by atoms with Crippen molar-refractivity contribution in [3.63, 3.8) is 0 Å². The van der Waals surface area contributed by atoms with Crippen molar-refractivity contribution < 1.29 is 9.53 Å². The van der Waals surface area contributed by atoms with Crippen LogP contribution in [0.5, 0.6) is 0 Å². The molecular formula is C12H17N3O2. The van der Waals surface area contributed by atoms with E-state index in [0.29, 0.717) is 17.9 Å². The highest BCUT2D eigenvalue weighted by Crippen LogP contribution is 2.46. The van der Waals surface area contributed by atoms with E-state index >= 15 is 0 Å². The molecule has 5 nitrogen and oxygen atoms in total. The molecule has 5 heteroatoms. The first-order valence-corrected chi connectivity index (χ1v) is 5.79. The number of ether oxygens (including phenoxy) is 1. The zero-order valence-corrected chi connectivity index (χ0v) is 10.4. The first kappa shape index (κ1) is 11.8. The fourth-order valence-corrected chi connectivity index (χ4v) is 1.73. The van der Waals surface area contributed by atoms with Crippen molar-refractivity contribution in [2.45, 2.75) is 39.0 Å². The number of nitrogen functional groups attached to an aromatic ring is 1. The van der Waals surface area contributed by atoms with E-state index in [1.165, 1.54) is 0 Å². The Morgan fingerprint density at radius 2 is 2.12 bits per heavy atom. The predicted molar refractivity (Wildman–Crippen MR) is 63.7 cm³/mol. The first-order valence-electron chi connectivity index (χ1n) is 5.79. The monoisotopic (exact) mass is 235 g/mol. The number of hydrogen-bond acceptors (Lipinski definition) is 5. The van der Waals surface area contributed by atoms with Gasteiger partial charge in [-0.2, -0.15) is 0 Å². The molecular weight excluding hydrogens is 218 g/mol. The van der Waals surface area contributed by atoms with Gasteiger partial charge < -0.3 is 10.5 Å². The lowest BCUT2D eigenvalue weighted by atomic mass is 10.1. The molecule has 1 aromatic heterocycles. The SMILES string of the molecule is CCOC(=O)c1c(C)nc(C2(C)CC2)nc1N. The van der Waals surface area contributed by atoms with Crippen molar-refractivity contribution in [3.8, 4) is 0 Å². The molecule has 0 radical (unpaired) electrons. The maximum atomic E-state index is 11.7. The molecule has 92 valence electrons. The van der Waals surface area contributed by atoms with Crippen molar-refractivity contribution in [2.75, 3.05) is 12.3 Å². The van der Waals surface area contributed by atoms with Crippen LogP contribution in [0, 0.1) is 6.92 Å². The molecule has 0 aromatic carbocycles. The fourth-order valence-electron chi connectivity index (χ4n) is 1.73. The molecule has 0 bridgehead atoms. The van der Waals surface area contributed by atoms with Crippen LogP contribution in [-0.2, 0) is 10.2 Å². The molecule has 0 unspecified atom stereocenters. The molecule has 1 heterocycles. The van der Waals surface area contributed by atoms with Crippen molar-refractivity contribution >= 4 is 11.8 Å². The third kappa shape index (κ3) is 2.09. The molecule has 0 spiro atoms. The number of hydrogen-bond donors (Lipinski definition) is 1. The van der Waals surface area contributed by atoms with E-state index in [9.17, 15) is 4.79 Å². The van der Waals surface area contributed by atoms with Crippen LogP contribution in [0.25, 0.3) is 0 Å². The minimum atomic E-state index is -0.449. The van der Waals surface area contributed by atoms with Crippen LogP contribution >= 0.6 is 0 Å². The molecule has 1 aromatic rings. The van der Waals surface area contributed by atoms with Gasteiger partial charge in [-0.15, -0.1) is 0 Å². The van der Waals surface area contributed by atoms with Crippen LogP contribution in [0.3, 0.4) is 0 Å². The lowest BCUT2D eigenvalue weighted by Crippen LogP contribution is -2.17. The number of aryl methyl sites for hydroxylation is 1. The first-order chi connectivity index (χ1) is 7.98. The minimum absolute atomic E-state index is 0.0477. The molecule has 1 aliphatic rings. The van der Waals surface area contributed by atoms with E-state index in [-0.39, 0.29) is 11.2 Å². The van der Waals surface area contributed by atoms with Gasteiger partial charge in [-0.05, 0) is 26.7 Å². The standard InChI is InChI=1S/C12H17N3O2/c1-4-17-10(16)8-7(2)14-11(15-9(8)13)12(3)5-6-12/h4-6H2,1-3H3,(H2,13,14,15). The lowest BCUT2D eigenvalue weighted by molar-refractivity contribution is 0.0525. The summed E-state index contributed by atoms with van der Waals surface area (Å²) in [6.45, 7) is 5.94. The number of nitrogens with two attached hydrogens (primary N) is 1. The molecule has 0 saturated heterocycles. The summed E-state index contributed by atoms with van der Waals surface area (Å²) < 4.78 is 4.93. The van der Waals surface area contributed by atoms with E-state index in [0.717, 1.165) is 18.7 Å². The highest BCUT2D eigenvalue weighted by atomic mass is 16.5. The highest BCUT2D eigenvalue weighted by molar-refractivity contribution is 5.95. The van der Waals surface area contributed by atoms with Gasteiger partial charge in [0.25, 0.3) is 0 Å². The molecule has 0 aliphatic heterocycles. The normalized spacial score (nSPS) is 16.6. The van der Waals surface area contributed by atoms with Crippen LogP contribution in [0.1, 0.15) is 48.6 Å². The summed E-state index contributed by atoms with van der Waals surface area (Å²) in [6, 6.07) is 0. The second-order valence-electron chi connectivity index (χ2n) is 4.67. The van der Waals surface area contributed by atoms with Crippen LogP contribution in [0.15, 0.2) is 0 Å². The third-order valence-electron chi connectivity index (χ3n) is 3.14. The van der Waals surface area contributed by atoms with Gasteiger partial charge in [-0.1, -0.05) is 6.92 Å². The zero-order chi connectivity index (χ0) is 12.6. The number of nitrogens with zero attached hydrogens (tertiary/aromatic N) is 2. The second kappa shape index (κ2) is 3.98. The van der Waals surface area contributed by atoms with Crippen LogP contribution in [0.4, 0.5) is 5.82 Å². The smallest absolute Gasteiger partial charge is 0.343 e. The maximum absolute atomic E-state index is 11.7. The van der Waals surface area contributed by atoms with Crippen LogP contribution < -0.4 is 5.73 Å². The minimum Gasteiger partial charge on any atom is -0.462 e. The summed E-state index contributed by atoms with van der Waals surface area (Å²) >= 11 is 0. The number of esters is 1. The maximum Gasteiger partial charge on any atom is 0.343 e. The van der Waals surface area contributed by atoms with Crippen molar-refractivity contribution in [1.29, 1.82) is 0 Å². The summed E-state index contributed by atoms with van der Waals surface area (Å²) in [6.07, 6.45) is 2.15. The molecule has 0 amide bonds. The zero-order valence-electron chi connectivity index (χ0n) is 10.4. The Morgan fingerprint density at radius 3 is 2.59 bits per heavy atom. The average molecular weight is 235 g/mol. The van der Waals surface area contributed by atoms with Crippen molar-refractivity contribution in [2.24, 2.45) is 0 Å². The van der Waals surface area contributed by atoms with Crippen molar-refractivity contribution in [3.05, 3.63) is 17.1 Å². The molecule has 2 N–H and O–H groups in total. The summed E-state index contributed by atoms with van der Waals surface area (Å²) in [4.78, 5) is 20.3. The second-order valence-corrected chi connectivity index (χ2v) is 4.67. The molecule has 1 fully saturated rings. The van der Waals surface area contributed by atoms with Gasteiger partial charge in [-0.25, -0.2) is 14.8 Å². The Bertz CT molecular complexity index is 444. The van der Waals surface area contributed by atoms with E-state index < -0.39 is 5.97 Å². The molecule has 1 saturated carbocycles. The molecule has 17 heavy (non-hydrogen) atoms. The fraction of sp³-hybridized carbons (Fsp3) is 0.583. The van der Waals surface area contributed by atoms with Gasteiger partial charge >= 0.3 is 5.97 Å². The van der Waals surface area contributed by atoms with E-state index in [4.69, 9.17) is 10.5 Å². The quantitative estimate of drug-likeness (QED) is 0.805. The summed E-state index contributed by atoms with van der Waals surface area (Å²) in [7, 11) is 0. The molecule has 0 atom stereocenters. The predicted octanol–water partition coefficient (Wildman–Crippen LogP) is 1.60. The Balaban J connectivity index is 2.39. The Kier molecular flexibility index (Phi) is 2.77. The number of aromatic nitrogens is 2. The highest BCUT2D eigenvalue weighted by Gasteiger charge is 2.42. The molecule has 2 rings (SSSR count). The third-order valence-corrected chi connectivity index (χ3v) is 3.14. The summed E-state index contributed by atoms with van der Waals surface area (Å²) in [5.74, 6) is 0.509. The number of carbonyl (C=O) groups is 1. The van der Waals surface area contributed by atoms with E-state index in [1.54, 1.807) is 13.8 Å². The van der Waals surface area contributed by atoms with Gasteiger partial charge in [0.1, 0.15) is 17.2 Å². The Hall–Kier alpha value is -1.65. The van der Waals surface area contributed by atoms with Gasteiger partial charge in [-0.3, -0.25) is 0 Å². The number of anilines is 1. The number of carbonyl (C=O) groups excluding carboxylic acids is 1. The largest absolute Gasteiger partial charge is 0.462 e. The Labute approximate surface area is 100 Å². The van der Waals surface area contributed by atoms with E-state index in [1.807, 2.05) is 0 Å². The van der Waals surface area contributed by atoms with Crippen LogP contribution in [-0.4, -0.2) is 22.5 Å². The van der Waals surface area contributed by atoms with Crippen molar-refractivity contribution in [1.82, 2.24) is 9.97 Å². The van der Waals surface area contributed by atoms with Gasteiger partial charge in [0.15, 0.2) is 0 Å². The number of rotatable bonds is 3. The summed E-state index contributed by atoms with van der Waals surface area (Å²) in [5, 5.41) is 0. The summed E-state index contributed by atoms with van der Waals surface area (Å²) in [5.41, 5.74) is 6.76. The van der Waals surface area contributed by atoms with Gasteiger partial charge in [0.2, 0.25) is 0 Å². The van der Waals surface area contributed by atoms with Gasteiger partial charge in [0.05, 0.1) is 12.3 Å². The molecule has 1 aliphatic carbocycles. The van der Waals surface area contributed by atoms with Gasteiger partial charge in [0, 0.05) is 5.41 Å². The van der Waals surface area contributed by atoms with Crippen LogP contribution in [0.2, 0.25) is 0 Å². The van der Waals surface area contributed by atoms with E-state index in [2.05, 4.69) is 16.9 Å². The average Bonchev–Trinajstić information content (AvgIpc) is 2.97.